The summed E-state index contributed by atoms with van der Waals surface area (Å²) in [4.78, 5) is 37.7. The first-order valence-corrected chi connectivity index (χ1v) is 10.9. The van der Waals surface area contributed by atoms with E-state index in [2.05, 4.69) is 15.3 Å². The number of pyridine rings is 1. The van der Waals surface area contributed by atoms with Crippen molar-refractivity contribution in [2.45, 2.75) is 36.1 Å². The number of carbonyl (C=O) groups is 1. The molecule has 3 aromatic rings. The molecule has 0 saturated heterocycles. The van der Waals surface area contributed by atoms with Gasteiger partial charge in [0.2, 0.25) is 0 Å². The SMILES string of the molecule is O=C1CCCC2=C1C(c1ccncc1)c1c(nc(SCc3ccccc3)[nH]c1=O)N2. The number of Topliss-reactive ketones (excluding diaryl/α,β-unsaturated/α-hetero) is 1. The third kappa shape index (κ3) is 3.45. The lowest BCUT2D eigenvalue weighted by Crippen LogP contribution is -2.32. The zero-order chi connectivity index (χ0) is 20.5. The van der Waals surface area contributed by atoms with Crippen LogP contribution in [-0.2, 0) is 10.5 Å². The van der Waals surface area contributed by atoms with E-state index in [4.69, 9.17) is 4.98 Å². The van der Waals surface area contributed by atoms with Crippen LogP contribution in [0.4, 0.5) is 5.82 Å². The second kappa shape index (κ2) is 7.91. The fraction of sp³-hybridized carbons (Fsp3) is 0.217. The molecule has 1 aliphatic heterocycles. The molecule has 2 aromatic heterocycles. The Hall–Kier alpha value is -3.19. The minimum Gasteiger partial charge on any atom is -0.343 e. The van der Waals surface area contributed by atoms with E-state index in [0.29, 0.717) is 34.3 Å². The van der Waals surface area contributed by atoms with Crippen LogP contribution in [0.2, 0.25) is 0 Å². The molecule has 0 amide bonds. The molecule has 2 N–H and O–H groups in total. The van der Waals surface area contributed by atoms with E-state index in [-0.39, 0.29) is 11.3 Å². The van der Waals surface area contributed by atoms with E-state index in [1.165, 1.54) is 11.8 Å². The molecule has 0 spiro atoms. The zero-order valence-electron chi connectivity index (χ0n) is 16.2. The van der Waals surface area contributed by atoms with Crippen LogP contribution in [0.1, 0.15) is 41.9 Å². The summed E-state index contributed by atoms with van der Waals surface area (Å²) in [5.74, 6) is 0.933. The highest BCUT2D eigenvalue weighted by Gasteiger charge is 2.37. The minimum absolute atomic E-state index is 0.0955. The standard InChI is InChI=1S/C23H20N4O2S/c28-17-8-4-7-16-19(17)18(15-9-11-24-12-10-15)20-21(25-16)26-23(27-22(20)29)30-13-14-5-2-1-3-6-14/h1-3,5-6,9-12,18H,4,7-8,13H2,(H2,25,26,27,29). The van der Waals surface area contributed by atoms with Gasteiger partial charge in [-0.1, -0.05) is 42.1 Å². The largest absolute Gasteiger partial charge is 0.343 e. The molecule has 0 fully saturated rings. The Labute approximate surface area is 177 Å². The lowest BCUT2D eigenvalue weighted by Gasteiger charge is -2.32. The second-order valence-electron chi connectivity index (χ2n) is 7.42. The van der Waals surface area contributed by atoms with Crippen molar-refractivity contribution in [1.29, 1.82) is 0 Å². The topological polar surface area (TPSA) is 87.7 Å². The molecule has 1 atom stereocenters. The van der Waals surface area contributed by atoms with E-state index in [1.54, 1.807) is 12.4 Å². The quantitative estimate of drug-likeness (QED) is 0.493. The number of aromatic amines is 1. The van der Waals surface area contributed by atoms with Gasteiger partial charge in [0, 0.05) is 41.8 Å². The van der Waals surface area contributed by atoms with Crippen molar-refractivity contribution in [3.8, 4) is 0 Å². The number of benzene rings is 1. The molecular formula is C23H20N4O2S. The van der Waals surface area contributed by atoms with E-state index in [0.717, 1.165) is 29.7 Å². The van der Waals surface area contributed by atoms with Gasteiger partial charge in [0.15, 0.2) is 10.9 Å². The fourth-order valence-electron chi connectivity index (χ4n) is 4.12. The highest BCUT2D eigenvalue weighted by molar-refractivity contribution is 7.98. The number of fused-ring (bicyclic) bond motifs is 1. The van der Waals surface area contributed by atoms with Crippen molar-refractivity contribution in [3.63, 3.8) is 0 Å². The molecule has 2 aliphatic rings. The summed E-state index contributed by atoms with van der Waals surface area (Å²) < 4.78 is 0. The van der Waals surface area contributed by atoms with Gasteiger partial charge in [0.05, 0.1) is 5.56 Å². The van der Waals surface area contributed by atoms with E-state index in [9.17, 15) is 9.59 Å². The van der Waals surface area contributed by atoms with Gasteiger partial charge in [-0.05, 0) is 36.1 Å². The van der Waals surface area contributed by atoms with Gasteiger partial charge in [0.25, 0.3) is 5.56 Å². The van der Waals surface area contributed by atoms with Crippen LogP contribution in [0.5, 0.6) is 0 Å². The van der Waals surface area contributed by atoms with Gasteiger partial charge in [-0.15, -0.1) is 0 Å². The second-order valence-corrected chi connectivity index (χ2v) is 8.38. The Bertz CT molecular complexity index is 1190. The van der Waals surface area contributed by atoms with Crippen molar-refractivity contribution in [1.82, 2.24) is 15.0 Å². The van der Waals surface area contributed by atoms with Crippen LogP contribution in [0.25, 0.3) is 0 Å². The van der Waals surface area contributed by atoms with Gasteiger partial charge in [-0.25, -0.2) is 4.98 Å². The smallest absolute Gasteiger partial charge is 0.257 e. The molecule has 150 valence electrons. The van der Waals surface area contributed by atoms with Gasteiger partial charge in [-0.3, -0.25) is 14.6 Å². The van der Waals surface area contributed by atoms with Gasteiger partial charge < -0.3 is 10.3 Å². The molecule has 7 heteroatoms. The summed E-state index contributed by atoms with van der Waals surface area (Å²) in [6, 6.07) is 13.8. The van der Waals surface area contributed by atoms with E-state index < -0.39 is 5.92 Å². The van der Waals surface area contributed by atoms with Crippen molar-refractivity contribution in [2.75, 3.05) is 5.32 Å². The summed E-state index contributed by atoms with van der Waals surface area (Å²) in [7, 11) is 0. The monoisotopic (exact) mass is 416 g/mol. The van der Waals surface area contributed by atoms with Crippen LogP contribution < -0.4 is 10.9 Å². The Morgan fingerprint density at radius 2 is 1.83 bits per heavy atom. The molecule has 0 bridgehead atoms. The lowest BCUT2D eigenvalue weighted by molar-refractivity contribution is -0.116. The molecule has 3 heterocycles. The van der Waals surface area contributed by atoms with Crippen molar-refractivity contribution in [3.05, 3.63) is 93.2 Å². The number of aromatic nitrogens is 3. The fourth-order valence-corrected chi connectivity index (χ4v) is 4.94. The lowest BCUT2D eigenvalue weighted by atomic mass is 9.77. The third-order valence-electron chi connectivity index (χ3n) is 5.49. The van der Waals surface area contributed by atoms with Gasteiger partial charge in [0.1, 0.15) is 5.82 Å². The molecular weight excluding hydrogens is 396 g/mol. The number of H-pyrrole nitrogens is 1. The first-order valence-electron chi connectivity index (χ1n) is 9.95. The van der Waals surface area contributed by atoms with Crippen LogP contribution in [0.15, 0.2) is 76.1 Å². The van der Waals surface area contributed by atoms with Crippen molar-refractivity contribution < 1.29 is 4.79 Å². The summed E-state index contributed by atoms with van der Waals surface area (Å²) in [5, 5.41) is 3.87. The number of hydrogen-bond acceptors (Lipinski definition) is 6. The number of nitrogens with zero attached hydrogens (tertiary/aromatic N) is 2. The number of hydrogen-bond donors (Lipinski definition) is 2. The van der Waals surface area contributed by atoms with Crippen LogP contribution in [-0.4, -0.2) is 20.7 Å². The summed E-state index contributed by atoms with van der Waals surface area (Å²) in [6.45, 7) is 0. The van der Waals surface area contributed by atoms with Crippen molar-refractivity contribution in [2.24, 2.45) is 0 Å². The maximum atomic E-state index is 13.2. The maximum Gasteiger partial charge on any atom is 0.257 e. The third-order valence-corrected chi connectivity index (χ3v) is 6.44. The van der Waals surface area contributed by atoms with E-state index >= 15 is 0 Å². The van der Waals surface area contributed by atoms with Crippen LogP contribution in [0.3, 0.4) is 0 Å². The molecule has 5 rings (SSSR count). The number of nitrogens with one attached hydrogen (secondary N) is 2. The highest BCUT2D eigenvalue weighted by atomic mass is 32.2. The van der Waals surface area contributed by atoms with Crippen LogP contribution in [0, 0.1) is 0 Å². The van der Waals surface area contributed by atoms with Gasteiger partial charge in [-0.2, -0.15) is 0 Å². The first-order chi connectivity index (χ1) is 14.7. The zero-order valence-corrected chi connectivity index (χ0v) is 17.0. The Morgan fingerprint density at radius 3 is 2.63 bits per heavy atom. The number of anilines is 1. The molecule has 30 heavy (non-hydrogen) atoms. The molecule has 1 aromatic carbocycles. The van der Waals surface area contributed by atoms with E-state index in [1.807, 2.05) is 42.5 Å². The number of carbonyl (C=O) groups excluding carboxylic acids is 1. The number of thioether (sulfide) groups is 1. The minimum atomic E-state index is -0.420. The Balaban J connectivity index is 1.57. The van der Waals surface area contributed by atoms with Crippen molar-refractivity contribution >= 4 is 23.4 Å². The predicted molar refractivity (Wildman–Crippen MR) is 116 cm³/mol. The normalized spacial score (nSPS) is 17.9. The Morgan fingerprint density at radius 1 is 1.03 bits per heavy atom. The molecule has 6 nitrogen and oxygen atoms in total. The maximum absolute atomic E-state index is 13.2. The van der Waals surface area contributed by atoms with Crippen LogP contribution >= 0.6 is 11.8 Å². The number of allylic oxidation sites excluding steroid dienone is 2. The molecule has 1 aliphatic carbocycles. The first kappa shape index (κ1) is 18.8. The summed E-state index contributed by atoms with van der Waals surface area (Å²) in [5.41, 5.74) is 3.91. The number of rotatable bonds is 4. The summed E-state index contributed by atoms with van der Waals surface area (Å²) >= 11 is 1.49. The molecule has 1 unspecified atom stereocenters. The average Bonchev–Trinajstić information content (AvgIpc) is 2.78. The highest BCUT2D eigenvalue weighted by Crippen LogP contribution is 2.43. The Kier molecular flexibility index (Phi) is 4.96. The average molecular weight is 417 g/mol. The molecule has 0 saturated carbocycles. The molecule has 0 radical (unpaired) electrons. The summed E-state index contributed by atoms with van der Waals surface area (Å²) in [6.07, 6.45) is 5.48. The van der Waals surface area contributed by atoms with Gasteiger partial charge >= 0.3 is 0 Å². The predicted octanol–water partition coefficient (Wildman–Crippen LogP) is 4.02. The number of ketones is 1.